The van der Waals surface area contributed by atoms with Crippen molar-refractivity contribution in [2.24, 2.45) is 0 Å². The van der Waals surface area contributed by atoms with E-state index in [0.717, 1.165) is 49.3 Å². The van der Waals surface area contributed by atoms with Gasteiger partial charge in [-0.3, -0.25) is 10.1 Å². The van der Waals surface area contributed by atoms with Crippen LogP contribution in [0.5, 0.6) is 0 Å². The third-order valence-electron chi connectivity index (χ3n) is 5.44. The maximum Gasteiger partial charge on any atom is 0.416 e. The number of alkyl halides is 3. The predicted octanol–water partition coefficient (Wildman–Crippen LogP) is 4.25. The Morgan fingerprint density at radius 3 is 2.58 bits per heavy atom. The van der Waals surface area contributed by atoms with Gasteiger partial charge in [0, 0.05) is 44.2 Å². The molecule has 0 atom stereocenters. The number of pyridine rings is 1. The van der Waals surface area contributed by atoms with Crippen molar-refractivity contribution in [3.05, 3.63) is 51.7 Å². The van der Waals surface area contributed by atoms with Crippen LogP contribution in [0.4, 0.5) is 36.4 Å². The molecule has 1 aliphatic heterocycles. The molecular formula is C21H22F3N7O2. The lowest BCUT2D eigenvalue weighted by Gasteiger charge is -2.17. The third-order valence-corrected chi connectivity index (χ3v) is 5.44. The van der Waals surface area contributed by atoms with Gasteiger partial charge in [0.05, 0.1) is 22.2 Å². The van der Waals surface area contributed by atoms with Gasteiger partial charge in [0.2, 0.25) is 5.95 Å². The molecule has 0 spiro atoms. The molecule has 1 fully saturated rings. The molecular weight excluding hydrogens is 439 g/mol. The number of rotatable bonds is 7. The van der Waals surface area contributed by atoms with Crippen molar-refractivity contribution in [2.45, 2.75) is 25.4 Å². The van der Waals surface area contributed by atoms with Gasteiger partial charge in [0.1, 0.15) is 11.6 Å². The summed E-state index contributed by atoms with van der Waals surface area (Å²) in [5.41, 5.74) is -0.811. The summed E-state index contributed by atoms with van der Waals surface area (Å²) in [6.45, 7) is 2.06. The number of nitro benzene ring substituents is 1. The predicted molar refractivity (Wildman–Crippen MR) is 119 cm³/mol. The molecule has 1 aromatic carbocycles. The number of fused-ring (bicyclic) bond motifs is 1. The second kappa shape index (κ2) is 9.04. The number of hydrogen-bond donors (Lipinski definition) is 2. The zero-order valence-corrected chi connectivity index (χ0v) is 17.8. The summed E-state index contributed by atoms with van der Waals surface area (Å²) in [5.74, 6) is 1.70. The van der Waals surface area contributed by atoms with Crippen LogP contribution in [0.2, 0.25) is 0 Å². The maximum atomic E-state index is 13.2. The number of anilines is 3. The Kier molecular flexibility index (Phi) is 6.16. The van der Waals surface area contributed by atoms with Gasteiger partial charge < -0.3 is 15.5 Å². The van der Waals surface area contributed by atoms with Crippen molar-refractivity contribution >= 4 is 34.2 Å². The first-order valence-corrected chi connectivity index (χ1v) is 10.4. The van der Waals surface area contributed by atoms with Crippen molar-refractivity contribution < 1.29 is 18.1 Å². The van der Waals surface area contributed by atoms with Crippen molar-refractivity contribution in [1.82, 2.24) is 15.0 Å². The third kappa shape index (κ3) is 5.04. The van der Waals surface area contributed by atoms with Crippen molar-refractivity contribution in [1.29, 1.82) is 0 Å². The molecule has 3 aromatic rings. The molecule has 0 saturated carbocycles. The van der Waals surface area contributed by atoms with Crippen LogP contribution in [-0.4, -0.2) is 46.6 Å². The van der Waals surface area contributed by atoms with E-state index in [4.69, 9.17) is 0 Å². The minimum Gasteiger partial charge on any atom is -0.369 e. The standard InChI is InChI=1S/C21H22F3N7O2/c1-25-20-28-17-12-27-18(30-6-2-3-7-30)11-16(17)19(29-20)26-5-4-13-8-14(21(22,23)24)10-15(9-13)31(32)33/h8-12H,2-7H2,1H3,(H2,25,26,28,29). The van der Waals surface area contributed by atoms with Crippen molar-refractivity contribution in [2.75, 3.05) is 42.2 Å². The average molecular weight is 461 g/mol. The molecule has 0 bridgehead atoms. The summed E-state index contributed by atoms with van der Waals surface area (Å²) < 4.78 is 39.5. The molecule has 0 unspecified atom stereocenters. The summed E-state index contributed by atoms with van der Waals surface area (Å²) >= 11 is 0. The molecule has 33 heavy (non-hydrogen) atoms. The summed E-state index contributed by atoms with van der Waals surface area (Å²) in [7, 11) is 1.68. The highest BCUT2D eigenvalue weighted by atomic mass is 19.4. The number of non-ortho nitro benzene ring substituents is 1. The molecule has 0 aliphatic carbocycles. The topological polar surface area (TPSA) is 109 Å². The van der Waals surface area contributed by atoms with Gasteiger partial charge in [-0.15, -0.1) is 0 Å². The second-order valence-corrected chi connectivity index (χ2v) is 7.72. The molecule has 2 aromatic heterocycles. The van der Waals surface area contributed by atoms with E-state index < -0.39 is 22.4 Å². The Balaban J connectivity index is 1.59. The van der Waals surface area contributed by atoms with Crippen molar-refractivity contribution in [3.8, 4) is 0 Å². The molecule has 1 saturated heterocycles. The highest BCUT2D eigenvalue weighted by molar-refractivity contribution is 5.91. The summed E-state index contributed by atoms with van der Waals surface area (Å²) in [4.78, 5) is 25.8. The van der Waals surface area contributed by atoms with Crippen LogP contribution in [-0.2, 0) is 12.6 Å². The first-order valence-electron chi connectivity index (χ1n) is 10.4. The second-order valence-electron chi connectivity index (χ2n) is 7.72. The number of aromatic nitrogens is 3. The SMILES string of the molecule is CNc1nc(NCCc2cc([N+](=O)[O-])cc(C(F)(F)F)c2)c2cc(N3CCCC3)ncc2n1. The number of hydrogen-bond acceptors (Lipinski definition) is 8. The van der Waals surface area contributed by atoms with Crippen LogP contribution in [0.25, 0.3) is 10.9 Å². The van der Waals surface area contributed by atoms with E-state index >= 15 is 0 Å². The molecule has 4 rings (SSSR count). The minimum absolute atomic E-state index is 0.134. The Hall–Kier alpha value is -3.70. The van der Waals surface area contributed by atoms with Gasteiger partial charge in [-0.2, -0.15) is 18.2 Å². The maximum absolute atomic E-state index is 13.2. The zero-order valence-electron chi connectivity index (χ0n) is 17.8. The fraction of sp³-hybridized carbons (Fsp3) is 0.381. The molecule has 0 radical (unpaired) electrons. The largest absolute Gasteiger partial charge is 0.416 e. The number of nitrogens with one attached hydrogen (secondary N) is 2. The van der Waals surface area contributed by atoms with E-state index in [-0.39, 0.29) is 18.5 Å². The molecule has 174 valence electrons. The first kappa shape index (κ1) is 22.5. The quantitative estimate of drug-likeness (QED) is 0.397. The van der Waals surface area contributed by atoms with E-state index in [1.54, 1.807) is 13.2 Å². The fourth-order valence-corrected chi connectivity index (χ4v) is 3.80. The average Bonchev–Trinajstić information content (AvgIpc) is 3.32. The van der Waals surface area contributed by atoms with Gasteiger partial charge in [-0.1, -0.05) is 0 Å². The lowest BCUT2D eigenvalue weighted by molar-refractivity contribution is -0.385. The highest BCUT2D eigenvalue weighted by Gasteiger charge is 2.32. The van der Waals surface area contributed by atoms with E-state index in [2.05, 4.69) is 30.5 Å². The normalized spacial score (nSPS) is 14.0. The van der Waals surface area contributed by atoms with Gasteiger partial charge in [-0.05, 0) is 37.0 Å². The summed E-state index contributed by atoms with van der Waals surface area (Å²) in [5, 5.41) is 17.8. The van der Waals surface area contributed by atoms with Crippen LogP contribution >= 0.6 is 0 Å². The fourth-order valence-electron chi connectivity index (χ4n) is 3.80. The Labute approximate surface area is 187 Å². The molecule has 3 heterocycles. The summed E-state index contributed by atoms with van der Waals surface area (Å²) in [6, 6.07) is 4.53. The van der Waals surface area contributed by atoms with Crippen LogP contribution in [0.1, 0.15) is 24.0 Å². The smallest absolute Gasteiger partial charge is 0.369 e. The minimum atomic E-state index is -4.67. The van der Waals surface area contributed by atoms with Gasteiger partial charge in [0.25, 0.3) is 5.69 Å². The number of nitro groups is 1. The molecule has 2 N–H and O–H groups in total. The monoisotopic (exact) mass is 461 g/mol. The Morgan fingerprint density at radius 1 is 1.15 bits per heavy atom. The number of nitrogens with zero attached hydrogens (tertiary/aromatic N) is 5. The molecule has 1 aliphatic rings. The van der Waals surface area contributed by atoms with Crippen LogP contribution in [0, 0.1) is 10.1 Å². The molecule has 12 heteroatoms. The number of halogens is 3. The summed E-state index contributed by atoms with van der Waals surface area (Å²) in [6.07, 6.45) is -0.661. The number of benzene rings is 1. The molecule has 0 amide bonds. The highest BCUT2D eigenvalue weighted by Crippen LogP contribution is 2.33. The lowest BCUT2D eigenvalue weighted by atomic mass is 10.1. The van der Waals surface area contributed by atoms with E-state index in [1.165, 1.54) is 0 Å². The van der Waals surface area contributed by atoms with Gasteiger partial charge in [0.15, 0.2) is 0 Å². The van der Waals surface area contributed by atoms with Crippen molar-refractivity contribution in [3.63, 3.8) is 0 Å². The van der Waals surface area contributed by atoms with Crippen LogP contribution < -0.4 is 15.5 Å². The zero-order chi connectivity index (χ0) is 23.6. The Morgan fingerprint density at radius 2 is 1.91 bits per heavy atom. The van der Waals surface area contributed by atoms with E-state index in [0.29, 0.717) is 23.3 Å². The van der Waals surface area contributed by atoms with Gasteiger partial charge >= 0.3 is 6.18 Å². The van der Waals surface area contributed by atoms with E-state index in [1.807, 2.05) is 6.07 Å². The van der Waals surface area contributed by atoms with Crippen LogP contribution in [0.15, 0.2) is 30.5 Å². The lowest BCUT2D eigenvalue weighted by Crippen LogP contribution is -2.19. The first-order chi connectivity index (χ1) is 15.7. The molecule has 9 nitrogen and oxygen atoms in total. The van der Waals surface area contributed by atoms with E-state index in [9.17, 15) is 23.3 Å². The Bertz CT molecular complexity index is 1180. The van der Waals surface area contributed by atoms with Crippen LogP contribution in [0.3, 0.4) is 0 Å². The van der Waals surface area contributed by atoms with Gasteiger partial charge in [-0.25, -0.2) is 9.97 Å².